The SMILES string of the molecule is CC(C)n1ccnc1CCCCl. The first-order chi connectivity index (χ1) is 5.75. The van der Waals surface area contributed by atoms with E-state index in [9.17, 15) is 0 Å². The maximum Gasteiger partial charge on any atom is 0.108 e. The van der Waals surface area contributed by atoms with Gasteiger partial charge in [-0.1, -0.05) is 0 Å². The van der Waals surface area contributed by atoms with Crippen molar-refractivity contribution in [3.63, 3.8) is 0 Å². The Balaban J connectivity index is 2.64. The zero-order valence-electron chi connectivity index (χ0n) is 7.63. The van der Waals surface area contributed by atoms with E-state index in [-0.39, 0.29) is 0 Å². The minimum absolute atomic E-state index is 0.498. The van der Waals surface area contributed by atoms with E-state index in [0.717, 1.165) is 18.7 Å². The molecule has 0 saturated heterocycles. The fraction of sp³-hybridized carbons (Fsp3) is 0.667. The summed E-state index contributed by atoms with van der Waals surface area (Å²) in [6, 6.07) is 0.498. The lowest BCUT2D eigenvalue weighted by Gasteiger charge is -2.10. The third kappa shape index (κ3) is 2.24. The van der Waals surface area contributed by atoms with Gasteiger partial charge in [0.25, 0.3) is 0 Å². The average Bonchev–Trinajstić information content (AvgIpc) is 2.48. The van der Waals surface area contributed by atoms with E-state index in [0.29, 0.717) is 11.9 Å². The molecule has 1 heterocycles. The van der Waals surface area contributed by atoms with Crippen molar-refractivity contribution in [1.82, 2.24) is 9.55 Å². The fourth-order valence-corrected chi connectivity index (χ4v) is 1.37. The highest BCUT2D eigenvalue weighted by Gasteiger charge is 2.04. The summed E-state index contributed by atoms with van der Waals surface area (Å²) in [5.74, 6) is 1.86. The lowest BCUT2D eigenvalue weighted by molar-refractivity contribution is 0.564. The predicted octanol–water partition coefficient (Wildman–Crippen LogP) is 2.64. The number of halogens is 1. The fourth-order valence-electron chi connectivity index (χ4n) is 1.23. The van der Waals surface area contributed by atoms with Crippen LogP contribution in [0.1, 0.15) is 32.1 Å². The largest absolute Gasteiger partial charge is 0.332 e. The molecular formula is C9H15ClN2. The molecular weight excluding hydrogens is 172 g/mol. The molecule has 0 aliphatic carbocycles. The van der Waals surface area contributed by atoms with Gasteiger partial charge < -0.3 is 4.57 Å². The van der Waals surface area contributed by atoms with Crippen LogP contribution in [0.2, 0.25) is 0 Å². The van der Waals surface area contributed by atoms with Gasteiger partial charge in [-0.25, -0.2) is 4.98 Å². The molecule has 0 fully saturated rings. The highest BCUT2D eigenvalue weighted by atomic mass is 35.5. The number of hydrogen-bond donors (Lipinski definition) is 0. The highest BCUT2D eigenvalue weighted by Crippen LogP contribution is 2.09. The Morgan fingerprint density at radius 1 is 1.58 bits per heavy atom. The summed E-state index contributed by atoms with van der Waals surface area (Å²) in [5.41, 5.74) is 0. The third-order valence-electron chi connectivity index (χ3n) is 1.84. The second kappa shape index (κ2) is 4.51. The average molecular weight is 187 g/mol. The molecule has 0 spiro atoms. The number of hydrogen-bond acceptors (Lipinski definition) is 1. The zero-order valence-corrected chi connectivity index (χ0v) is 8.38. The molecule has 0 saturated carbocycles. The molecule has 0 radical (unpaired) electrons. The Hall–Kier alpha value is -0.500. The van der Waals surface area contributed by atoms with Crippen LogP contribution in [0.5, 0.6) is 0 Å². The summed E-state index contributed by atoms with van der Waals surface area (Å²) >= 11 is 5.61. The monoisotopic (exact) mass is 186 g/mol. The molecule has 0 atom stereocenters. The molecule has 2 nitrogen and oxygen atoms in total. The van der Waals surface area contributed by atoms with Crippen LogP contribution >= 0.6 is 11.6 Å². The van der Waals surface area contributed by atoms with Gasteiger partial charge in [-0.05, 0) is 20.3 Å². The summed E-state index contributed by atoms with van der Waals surface area (Å²) in [5, 5.41) is 0. The van der Waals surface area contributed by atoms with Crippen molar-refractivity contribution in [3.8, 4) is 0 Å². The van der Waals surface area contributed by atoms with Gasteiger partial charge >= 0.3 is 0 Å². The Morgan fingerprint density at radius 3 is 2.92 bits per heavy atom. The number of imidazole rings is 1. The summed E-state index contributed by atoms with van der Waals surface area (Å²) in [7, 11) is 0. The van der Waals surface area contributed by atoms with Crippen molar-refractivity contribution >= 4 is 11.6 Å². The first-order valence-corrected chi connectivity index (χ1v) is 4.87. The summed E-state index contributed by atoms with van der Waals surface area (Å²) in [4.78, 5) is 4.28. The van der Waals surface area contributed by atoms with Crippen molar-refractivity contribution in [3.05, 3.63) is 18.2 Å². The molecule has 1 aromatic rings. The Bertz CT molecular complexity index is 230. The molecule has 0 N–H and O–H groups in total. The smallest absolute Gasteiger partial charge is 0.108 e. The number of rotatable bonds is 4. The van der Waals surface area contributed by atoms with Gasteiger partial charge in [0.1, 0.15) is 5.82 Å². The Kier molecular flexibility index (Phi) is 3.60. The second-order valence-electron chi connectivity index (χ2n) is 3.14. The van der Waals surface area contributed by atoms with E-state index >= 15 is 0 Å². The minimum Gasteiger partial charge on any atom is -0.332 e. The molecule has 0 unspecified atom stereocenters. The van der Waals surface area contributed by atoms with E-state index in [4.69, 9.17) is 11.6 Å². The predicted molar refractivity (Wildman–Crippen MR) is 51.7 cm³/mol. The minimum atomic E-state index is 0.498. The van der Waals surface area contributed by atoms with Crippen LogP contribution in [0.3, 0.4) is 0 Å². The maximum atomic E-state index is 5.61. The topological polar surface area (TPSA) is 17.8 Å². The van der Waals surface area contributed by atoms with Crippen LogP contribution in [0.15, 0.2) is 12.4 Å². The van der Waals surface area contributed by atoms with Crippen LogP contribution in [-0.4, -0.2) is 15.4 Å². The lowest BCUT2D eigenvalue weighted by atomic mass is 10.3. The van der Waals surface area contributed by atoms with Crippen LogP contribution in [0, 0.1) is 0 Å². The summed E-state index contributed by atoms with van der Waals surface area (Å²) < 4.78 is 2.19. The summed E-state index contributed by atoms with van der Waals surface area (Å²) in [6.07, 6.45) is 5.86. The van der Waals surface area contributed by atoms with Gasteiger partial charge in [-0.2, -0.15) is 0 Å². The molecule has 1 aromatic heterocycles. The molecule has 0 amide bonds. The number of nitrogens with zero attached hydrogens (tertiary/aromatic N) is 2. The van der Waals surface area contributed by atoms with Crippen LogP contribution in [-0.2, 0) is 6.42 Å². The van der Waals surface area contributed by atoms with E-state index in [1.54, 1.807) is 0 Å². The van der Waals surface area contributed by atoms with Crippen molar-refractivity contribution in [2.75, 3.05) is 5.88 Å². The molecule has 1 rings (SSSR count). The van der Waals surface area contributed by atoms with Gasteiger partial charge in [-0.15, -0.1) is 11.6 Å². The van der Waals surface area contributed by atoms with Gasteiger partial charge in [0.2, 0.25) is 0 Å². The van der Waals surface area contributed by atoms with Crippen molar-refractivity contribution in [2.24, 2.45) is 0 Å². The lowest BCUT2D eigenvalue weighted by Crippen LogP contribution is -2.05. The first kappa shape index (κ1) is 9.59. The van der Waals surface area contributed by atoms with Crippen LogP contribution < -0.4 is 0 Å². The zero-order chi connectivity index (χ0) is 8.97. The third-order valence-corrected chi connectivity index (χ3v) is 2.11. The van der Waals surface area contributed by atoms with Gasteiger partial charge in [0.05, 0.1) is 0 Å². The summed E-state index contributed by atoms with van der Waals surface area (Å²) in [6.45, 7) is 4.32. The van der Waals surface area contributed by atoms with E-state index in [1.807, 2.05) is 12.4 Å². The number of alkyl halides is 1. The Morgan fingerprint density at radius 2 is 2.33 bits per heavy atom. The van der Waals surface area contributed by atoms with Crippen molar-refractivity contribution in [1.29, 1.82) is 0 Å². The number of aromatic nitrogens is 2. The van der Waals surface area contributed by atoms with E-state index in [1.165, 1.54) is 0 Å². The molecule has 0 bridgehead atoms. The molecule has 3 heteroatoms. The first-order valence-electron chi connectivity index (χ1n) is 4.33. The Labute approximate surface area is 78.6 Å². The van der Waals surface area contributed by atoms with Crippen LogP contribution in [0.4, 0.5) is 0 Å². The second-order valence-corrected chi connectivity index (χ2v) is 3.51. The van der Waals surface area contributed by atoms with Crippen molar-refractivity contribution in [2.45, 2.75) is 32.7 Å². The maximum absolute atomic E-state index is 5.61. The molecule has 12 heavy (non-hydrogen) atoms. The van der Waals surface area contributed by atoms with E-state index in [2.05, 4.69) is 23.4 Å². The molecule has 0 aliphatic rings. The standard InChI is InChI=1S/C9H15ClN2/c1-8(2)12-7-6-11-9(12)4-3-5-10/h6-8H,3-5H2,1-2H3. The quantitative estimate of drug-likeness (QED) is 0.662. The normalized spacial score (nSPS) is 11.0. The van der Waals surface area contributed by atoms with Crippen molar-refractivity contribution < 1.29 is 0 Å². The van der Waals surface area contributed by atoms with Gasteiger partial charge in [0, 0.05) is 30.7 Å². The number of aryl methyl sites for hydroxylation is 1. The highest BCUT2D eigenvalue weighted by molar-refractivity contribution is 6.17. The molecule has 68 valence electrons. The molecule has 0 aromatic carbocycles. The van der Waals surface area contributed by atoms with Crippen LogP contribution in [0.25, 0.3) is 0 Å². The van der Waals surface area contributed by atoms with E-state index < -0.39 is 0 Å². The van der Waals surface area contributed by atoms with Gasteiger partial charge in [0.15, 0.2) is 0 Å². The van der Waals surface area contributed by atoms with Gasteiger partial charge in [-0.3, -0.25) is 0 Å². The molecule has 0 aliphatic heterocycles.